The lowest BCUT2D eigenvalue weighted by Crippen LogP contribution is -2.25. The Morgan fingerprint density at radius 1 is 1.04 bits per heavy atom. The van der Waals surface area contributed by atoms with Crippen LogP contribution in [0.15, 0.2) is 53.3 Å². The fourth-order valence-corrected chi connectivity index (χ4v) is 4.59. The quantitative estimate of drug-likeness (QED) is 0.628. The molecule has 2 aliphatic carbocycles. The second kappa shape index (κ2) is 6.59. The van der Waals surface area contributed by atoms with Crippen LogP contribution < -0.4 is 5.32 Å². The molecular weight excluding hydrogens is 348 g/mol. The van der Waals surface area contributed by atoms with Gasteiger partial charge in [-0.15, -0.1) is 0 Å². The fraction of sp³-hybridized carbons (Fsp3) is 0.348. The van der Waals surface area contributed by atoms with Crippen molar-refractivity contribution in [3.63, 3.8) is 0 Å². The van der Waals surface area contributed by atoms with Crippen molar-refractivity contribution >= 4 is 11.3 Å². The van der Waals surface area contributed by atoms with Crippen molar-refractivity contribution in [3.05, 3.63) is 58.9 Å². The van der Waals surface area contributed by atoms with Crippen LogP contribution in [0, 0.1) is 45.8 Å². The van der Waals surface area contributed by atoms with Crippen LogP contribution in [0.3, 0.4) is 0 Å². The van der Waals surface area contributed by atoms with E-state index < -0.39 is 5.60 Å². The number of allylic oxidation sites excluding steroid dienone is 2. The zero-order chi connectivity index (χ0) is 19.9. The Bertz CT molecular complexity index is 1010. The molecule has 1 N–H and O–H groups in total. The van der Waals surface area contributed by atoms with E-state index in [4.69, 9.17) is 4.74 Å². The van der Waals surface area contributed by atoms with Gasteiger partial charge in [0, 0.05) is 17.3 Å². The number of anilines is 1. The number of nitrogens with zero attached hydrogens (tertiary/aromatic N) is 3. The van der Waals surface area contributed by atoms with Gasteiger partial charge in [0.1, 0.15) is 29.4 Å². The molecule has 28 heavy (non-hydrogen) atoms. The predicted octanol–water partition coefficient (Wildman–Crippen LogP) is 4.45. The van der Waals surface area contributed by atoms with Crippen LogP contribution in [-0.4, -0.2) is 11.6 Å². The normalized spacial score (nSPS) is 26.4. The molecule has 3 aliphatic rings. The van der Waals surface area contributed by atoms with Gasteiger partial charge in [0.25, 0.3) is 0 Å². The van der Waals surface area contributed by atoms with Crippen LogP contribution in [-0.2, 0) is 4.74 Å². The largest absolute Gasteiger partial charge is 0.480 e. The number of nitriles is 3. The van der Waals surface area contributed by atoms with E-state index >= 15 is 0 Å². The first kappa shape index (κ1) is 17.9. The second-order valence-electron chi connectivity index (χ2n) is 7.94. The summed E-state index contributed by atoms with van der Waals surface area (Å²) in [6.07, 6.45) is 7.13. The van der Waals surface area contributed by atoms with Gasteiger partial charge < -0.3 is 10.1 Å². The van der Waals surface area contributed by atoms with E-state index in [0.717, 1.165) is 11.3 Å². The van der Waals surface area contributed by atoms with Gasteiger partial charge in [-0.2, -0.15) is 15.8 Å². The van der Waals surface area contributed by atoms with Crippen molar-refractivity contribution in [1.82, 2.24) is 0 Å². The second-order valence-corrected chi connectivity index (χ2v) is 7.94. The Morgan fingerprint density at radius 3 is 2.14 bits per heavy atom. The molecule has 1 fully saturated rings. The van der Waals surface area contributed by atoms with Gasteiger partial charge in [-0.3, -0.25) is 0 Å². The zero-order valence-corrected chi connectivity index (χ0v) is 15.9. The lowest BCUT2D eigenvalue weighted by atomic mass is 9.89. The molecule has 0 spiro atoms. The molecule has 1 aromatic carbocycles. The highest BCUT2D eigenvalue weighted by Crippen LogP contribution is 2.45. The first-order valence-corrected chi connectivity index (χ1v) is 9.42. The van der Waals surface area contributed by atoms with Crippen LogP contribution in [0.25, 0.3) is 5.57 Å². The number of hydrogen-bond acceptors (Lipinski definition) is 5. The molecule has 0 saturated heterocycles. The summed E-state index contributed by atoms with van der Waals surface area (Å²) in [7, 11) is 0. The molecule has 0 amide bonds. The summed E-state index contributed by atoms with van der Waals surface area (Å²) < 4.78 is 5.85. The highest BCUT2D eigenvalue weighted by atomic mass is 16.5. The van der Waals surface area contributed by atoms with Crippen LogP contribution >= 0.6 is 0 Å². The molecular formula is C23H20N4O. The summed E-state index contributed by atoms with van der Waals surface area (Å²) in [6, 6.07) is 14.2. The summed E-state index contributed by atoms with van der Waals surface area (Å²) in [4.78, 5) is 0. The molecule has 3 atom stereocenters. The summed E-state index contributed by atoms with van der Waals surface area (Å²) in [5.41, 5.74) is 1.87. The molecule has 1 aromatic rings. The van der Waals surface area contributed by atoms with Gasteiger partial charge in [-0.25, -0.2) is 0 Å². The lowest BCUT2D eigenvalue weighted by molar-refractivity contribution is 0.109. The summed E-state index contributed by atoms with van der Waals surface area (Å²) in [6.45, 7) is 3.68. The van der Waals surface area contributed by atoms with Crippen molar-refractivity contribution in [2.75, 3.05) is 5.32 Å². The number of ether oxygens (including phenoxy) is 1. The molecule has 1 saturated carbocycles. The van der Waals surface area contributed by atoms with Gasteiger partial charge >= 0.3 is 0 Å². The van der Waals surface area contributed by atoms with E-state index in [1.807, 2.05) is 50.3 Å². The minimum atomic E-state index is -0.803. The van der Waals surface area contributed by atoms with E-state index in [1.54, 1.807) is 0 Å². The number of nitrogens with one attached hydrogen (secondary N) is 1. The highest BCUT2D eigenvalue weighted by Gasteiger charge is 2.41. The topological polar surface area (TPSA) is 92.6 Å². The first-order chi connectivity index (χ1) is 13.5. The molecule has 1 unspecified atom stereocenters. The minimum Gasteiger partial charge on any atom is -0.480 e. The van der Waals surface area contributed by atoms with E-state index in [0.29, 0.717) is 23.5 Å². The molecule has 4 rings (SSSR count). The number of rotatable bonds is 3. The Morgan fingerprint density at radius 2 is 1.64 bits per heavy atom. The Hall–Kier alpha value is -3.49. The number of benzene rings is 1. The summed E-state index contributed by atoms with van der Waals surface area (Å²) in [5, 5.41) is 31.7. The maximum absolute atomic E-state index is 9.69. The van der Waals surface area contributed by atoms with E-state index in [9.17, 15) is 15.8 Å². The Kier molecular flexibility index (Phi) is 4.21. The van der Waals surface area contributed by atoms with Crippen molar-refractivity contribution in [2.24, 2.45) is 11.8 Å². The molecule has 5 heteroatoms. The molecule has 1 heterocycles. The maximum atomic E-state index is 9.69. The third kappa shape index (κ3) is 2.75. The summed E-state index contributed by atoms with van der Waals surface area (Å²) in [5.74, 6) is 1.30. The van der Waals surface area contributed by atoms with Gasteiger partial charge in [-0.05, 0) is 56.2 Å². The molecule has 0 aromatic heterocycles. The van der Waals surface area contributed by atoms with Gasteiger partial charge in [0.15, 0.2) is 11.3 Å². The molecule has 0 radical (unpaired) electrons. The first-order valence-electron chi connectivity index (χ1n) is 9.42. The molecule has 5 nitrogen and oxygen atoms in total. The number of hydrogen-bond donors (Lipinski definition) is 1. The van der Waals surface area contributed by atoms with Crippen LogP contribution in [0.5, 0.6) is 0 Å². The number of fused-ring (bicyclic) bond motifs is 2. The smallest absolute Gasteiger partial charge is 0.172 e. The molecule has 138 valence electrons. The van der Waals surface area contributed by atoms with Crippen LogP contribution in [0.4, 0.5) is 5.69 Å². The average molecular weight is 368 g/mol. The monoisotopic (exact) mass is 368 g/mol. The summed E-state index contributed by atoms with van der Waals surface area (Å²) >= 11 is 0. The molecule has 2 bridgehead atoms. The van der Waals surface area contributed by atoms with E-state index in [2.05, 4.69) is 23.5 Å². The molecule has 1 aliphatic heterocycles. The SMILES string of the molecule is CC1(C)OC(=C(C#N)C#N)C(C#N)=C1c1ccc(NC2[C@@H]3C=C[C@H]2CC3)cc1. The third-order valence-electron chi connectivity index (χ3n) is 5.87. The van der Waals surface area contributed by atoms with E-state index in [1.165, 1.54) is 12.8 Å². The Balaban J connectivity index is 1.67. The lowest BCUT2D eigenvalue weighted by Gasteiger charge is -2.23. The highest BCUT2D eigenvalue weighted by molar-refractivity contribution is 5.84. The van der Waals surface area contributed by atoms with Crippen molar-refractivity contribution in [2.45, 2.75) is 38.3 Å². The van der Waals surface area contributed by atoms with Crippen molar-refractivity contribution in [3.8, 4) is 18.2 Å². The van der Waals surface area contributed by atoms with Crippen molar-refractivity contribution in [1.29, 1.82) is 15.8 Å². The third-order valence-corrected chi connectivity index (χ3v) is 5.87. The average Bonchev–Trinajstić information content (AvgIpc) is 3.34. The van der Waals surface area contributed by atoms with E-state index in [-0.39, 0.29) is 16.9 Å². The van der Waals surface area contributed by atoms with Crippen LogP contribution in [0.2, 0.25) is 0 Å². The Labute approximate surface area is 164 Å². The maximum Gasteiger partial charge on any atom is 0.172 e. The van der Waals surface area contributed by atoms with Gasteiger partial charge in [-0.1, -0.05) is 24.3 Å². The van der Waals surface area contributed by atoms with Crippen molar-refractivity contribution < 1.29 is 4.74 Å². The fourth-order valence-electron chi connectivity index (χ4n) is 4.59. The van der Waals surface area contributed by atoms with Gasteiger partial charge in [0.05, 0.1) is 0 Å². The standard InChI is InChI=1S/C23H20N4O/c1-23(2)20(19(13-26)22(28-23)17(11-24)12-25)14-7-9-18(10-8-14)27-21-15-3-4-16(21)6-5-15/h3-4,7-10,15-16,21,27H,5-6H2,1-2H3/t15-,16+,21?. The van der Waals surface area contributed by atoms with Gasteiger partial charge in [0.2, 0.25) is 0 Å². The predicted molar refractivity (Wildman–Crippen MR) is 105 cm³/mol. The zero-order valence-electron chi connectivity index (χ0n) is 15.9. The minimum absolute atomic E-state index is 0.0725. The van der Waals surface area contributed by atoms with Crippen LogP contribution in [0.1, 0.15) is 32.3 Å².